The van der Waals surface area contributed by atoms with E-state index in [1.807, 2.05) is 0 Å². The summed E-state index contributed by atoms with van der Waals surface area (Å²) in [4.78, 5) is 17.5. The number of hydrogen-bond acceptors (Lipinski definition) is 4. The maximum atomic E-state index is 11.3. The topological polar surface area (TPSA) is 79.1 Å². The van der Waals surface area contributed by atoms with E-state index in [0.717, 1.165) is 0 Å². The molecule has 72 valence electrons. The summed E-state index contributed by atoms with van der Waals surface area (Å²) in [6.45, 7) is 1.49. The van der Waals surface area contributed by atoms with E-state index in [1.54, 1.807) is 12.1 Å². The van der Waals surface area contributed by atoms with E-state index >= 15 is 0 Å². The van der Waals surface area contributed by atoms with Gasteiger partial charge in [-0.1, -0.05) is 0 Å². The Labute approximate surface area is 79.0 Å². The van der Waals surface area contributed by atoms with E-state index in [2.05, 4.69) is 9.97 Å². The molecule has 5 heteroatoms. The average molecular weight is 192 g/mol. The third-order valence-electron chi connectivity index (χ3n) is 1.88. The summed E-state index contributed by atoms with van der Waals surface area (Å²) >= 11 is 0. The molecule has 0 aromatic carbocycles. The molecule has 2 N–H and O–H groups in total. The monoisotopic (exact) mass is 192 g/mol. The minimum atomic E-state index is -0.371. The molecule has 0 amide bonds. The number of aromatic amines is 1. The van der Waals surface area contributed by atoms with E-state index < -0.39 is 0 Å². The molecule has 0 atom stereocenters. The van der Waals surface area contributed by atoms with Gasteiger partial charge < -0.3 is 14.5 Å². The second-order valence-corrected chi connectivity index (χ2v) is 2.84. The first-order valence-electron chi connectivity index (χ1n) is 4.02. The molecule has 0 aliphatic rings. The van der Waals surface area contributed by atoms with Gasteiger partial charge in [-0.15, -0.1) is 0 Å². The minimum Gasteiger partial charge on any atom is -0.493 e. The first-order chi connectivity index (χ1) is 6.68. The highest BCUT2D eigenvalue weighted by Gasteiger charge is 2.08. The van der Waals surface area contributed by atoms with Crippen molar-refractivity contribution >= 4 is 0 Å². The van der Waals surface area contributed by atoms with Crippen molar-refractivity contribution in [2.45, 2.75) is 6.92 Å². The van der Waals surface area contributed by atoms with Crippen LogP contribution in [-0.4, -0.2) is 15.1 Å². The van der Waals surface area contributed by atoms with Crippen molar-refractivity contribution in [3.63, 3.8) is 0 Å². The molecule has 0 radical (unpaired) electrons. The van der Waals surface area contributed by atoms with E-state index in [9.17, 15) is 9.90 Å². The zero-order valence-corrected chi connectivity index (χ0v) is 7.44. The molecule has 0 saturated heterocycles. The number of H-pyrrole nitrogens is 1. The van der Waals surface area contributed by atoms with Gasteiger partial charge >= 0.3 is 0 Å². The fraction of sp³-hybridized carbons (Fsp3) is 0.111. The molecular weight excluding hydrogens is 184 g/mol. The van der Waals surface area contributed by atoms with Crippen LogP contribution >= 0.6 is 0 Å². The van der Waals surface area contributed by atoms with Crippen LogP contribution < -0.4 is 5.56 Å². The molecule has 0 saturated carbocycles. The quantitative estimate of drug-likeness (QED) is 0.707. The van der Waals surface area contributed by atoms with Crippen LogP contribution in [0.15, 0.2) is 27.6 Å². The molecule has 0 bridgehead atoms. The summed E-state index contributed by atoms with van der Waals surface area (Å²) < 4.78 is 5.03. The second kappa shape index (κ2) is 3.02. The van der Waals surface area contributed by atoms with Crippen LogP contribution in [0.1, 0.15) is 5.56 Å². The Bertz CT molecular complexity index is 499. The van der Waals surface area contributed by atoms with Crippen molar-refractivity contribution < 1.29 is 9.52 Å². The summed E-state index contributed by atoms with van der Waals surface area (Å²) in [5.74, 6) is 0.362. The van der Waals surface area contributed by atoms with Gasteiger partial charge in [0.1, 0.15) is 0 Å². The number of furan rings is 1. The van der Waals surface area contributed by atoms with Crippen LogP contribution in [-0.2, 0) is 0 Å². The summed E-state index contributed by atoms with van der Waals surface area (Å²) in [6.07, 6.45) is 1.46. The maximum absolute atomic E-state index is 11.3. The van der Waals surface area contributed by atoms with Gasteiger partial charge in [0.2, 0.25) is 5.88 Å². The van der Waals surface area contributed by atoms with Gasteiger partial charge in [-0.3, -0.25) is 4.79 Å². The molecule has 14 heavy (non-hydrogen) atoms. The molecule has 0 aliphatic carbocycles. The predicted molar refractivity (Wildman–Crippen MR) is 49.0 cm³/mol. The van der Waals surface area contributed by atoms with Gasteiger partial charge in [-0.05, 0) is 19.1 Å². The molecular formula is C9H8N2O3. The van der Waals surface area contributed by atoms with Crippen LogP contribution in [0.3, 0.4) is 0 Å². The lowest BCUT2D eigenvalue weighted by Gasteiger charge is -1.99. The smallest absolute Gasteiger partial charge is 0.257 e. The zero-order valence-electron chi connectivity index (χ0n) is 7.44. The first-order valence-corrected chi connectivity index (χ1v) is 4.02. The number of hydrogen-bond donors (Lipinski definition) is 2. The van der Waals surface area contributed by atoms with E-state index in [0.29, 0.717) is 5.76 Å². The van der Waals surface area contributed by atoms with Gasteiger partial charge in [-0.2, -0.15) is 4.98 Å². The Morgan fingerprint density at radius 2 is 2.36 bits per heavy atom. The Balaban J connectivity index is 2.63. The van der Waals surface area contributed by atoms with Crippen molar-refractivity contribution in [2.24, 2.45) is 0 Å². The lowest BCUT2D eigenvalue weighted by Crippen LogP contribution is -2.11. The number of aromatic hydroxyl groups is 1. The van der Waals surface area contributed by atoms with E-state index in [-0.39, 0.29) is 22.8 Å². The maximum Gasteiger partial charge on any atom is 0.257 e. The van der Waals surface area contributed by atoms with Crippen molar-refractivity contribution in [3.8, 4) is 17.5 Å². The normalized spacial score (nSPS) is 10.4. The summed E-state index contributed by atoms with van der Waals surface area (Å²) in [5.41, 5.74) is -0.177. The van der Waals surface area contributed by atoms with Gasteiger partial charge in [0.05, 0.1) is 11.8 Å². The minimum absolute atomic E-state index is 0.195. The molecule has 0 fully saturated rings. The highest BCUT2D eigenvalue weighted by atomic mass is 16.3. The molecule has 0 spiro atoms. The fourth-order valence-corrected chi connectivity index (χ4v) is 1.05. The number of nitrogens with one attached hydrogen (secondary N) is 1. The number of rotatable bonds is 1. The highest BCUT2D eigenvalue weighted by Crippen LogP contribution is 2.16. The van der Waals surface area contributed by atoms with Gasteiger partial charge in [0.15, 0.2) is 11.6 Å². The zero-order chi connectivity index (χ0) is 10.1. The Kier molecular flexibility index (Phi) is 1.85. The van der Waals surface area contributed by atoms with E-state index in [4.69, 9.17) is 4.42 Å². The molecule has 2 aromatic heterocycles. The Morgan fingerprint density at radius 3 is 2.93 bits per heavy atom. The van der Waals surface area contributed by atoms with Crippen LogP contribution in [0.4, 0.5) is 0 Å². The van der Waals surface area contributed by atoms with E-state index in [1.165, 1.54) is 13.2 Å². The van der Waals surface area contributed by atoms with Crippen LogP contribution in [0, 0.1) is 6.92 Å². The molecule has 2 rings (SSSR count). The number of nitrogens with zero attached hydrogens (tertiary/aromatic N) is 1. The third kappa shape index (κ3) is 1.28. The lowest BCUT2D eigenvalue weighted by atomic mass is 10.3. The van der Waals surface area contributed by atoms with Crippen LogP contribution in [0.2, 0.25) is 0 Å². The van der Waals surface area contributed by atoms with Gasteiger partial charge in [0, 0.05) is 0 Å². The van der Waals surface area contributed by atoms with Gasteiger partial charge in [-0.25, -0.2) is 0 Å². The molecule has 5 nitrogen and oxygen atoms in total. The molecule has 0 aliphatic heterocycles. The first kappa shape index (κ1) is 8.55. The Hall–Kier alpha value is -2.04. The summed E-state index contributed by atoms with van der Waals surface area (Å²) in [5, 5.41) is 9.31. The summed E-state index contributed by atoms with van der Waals surface area (Å²) in [6, 6.07) is 3.32. The second-order valence-electron chi connectivity index (χ2n) is 2.84. The number of aromatic nitrogens is 2. The van der Waals surface area contributed by atoms with Crippen molar-refractivity contribution in [1.82, 2.24) is 9.97 Å². The lowest BCUT2D eigenvalue weighted by molar-refractivity contribution is 0.445. The SMILES string of the molecule is Cc1c(O)nc(-c2ccco2)[nH]c1=O. The van der Waals surface area contributed by atoms with Crippen LogP contribution in [0.5, 0.6) is 5.88 Å². The molecule has 2 aromatic rings. The highest BCUT2D eigenvalue weighted by molar-refractivity contribution is 5.47. The molecule has 2 heterocycles. The Morgan fingerprint density at radius 1 is 1.57 bits per heavy atom. The molecule has 0 unspecified atom stereocenters. The third-order valence-corrected chi connectivity index (χ3v) is 1.88. The average Bonchev–Trinajstić information content (AvgIpc) is 2.66. The van der Waals surface area contributed by atoms with Crippen molar-refractivity contribution in [3.05, 3.63) is 34.3 Å². The fourth-order valence-electron chi connectivity index (χ4n) is 1.05. The standard InChI is InChI=1S/C9H8N2O3/c1-5-8(12)10-7(11-9(5)13)6-3-2-4-14-6/h2-4H,1H3,(H2,10,11,12,13). The van der Waals surface area contributed by atoms with Gasteiger partial charge in [0.25, 0.3) is 5.56 Å². The van der Waals surface area contributed by atoms with Crippen molar-refractivity contribution in [2.75, 3.05) is 0 Å². The summed E-state index contributed by atoms with van der Waals surface area (Å²) in [7, 11) is 0. The van der Waals surface area contributed by atoms with Crippen LogP contribution in [0.25, 0.3) is 11.6 Å². The van der Waals surface area contributed by atoms with Crippen molar-refractivity contribution in [1.29, 1.82) is 0 Å². The predicted octanol–water partition coefficient (Wildman–Crippen LogP) is 1.04. The largest absolute Gasteiger partial charge is 0.493 e.